The zero-order valence-corrected chi connectivity index (χ0v) is 10.1. The topological polar surface area (TPSA) is 50.4 Å². The quantitative estimate of drug-likeness (QED) is 0.644. The van der Waals surface area contributed by atoms with Gasteiger partial charge in [-0.3, -0.25) is 4.79 Å². The average molecular weight is 232 g/mol. The summed E-state index contributed by atoms with van der Waals surface area (Å²) in [5, 5.41) is 6.18. The molecule has 1 aliphatic heterocycles. The molecular weight excluding hydrogens is 212 g/mol. The van der Waals surface area contributed by atoms with E-state index < -0.39 is 0 Å². The van der Waals surface area contributed by atoms with Gasteiger partial charge >= 0.3 is 0 Å². The molecule has 88 valence electrons. The van der Waals surface area contributed by atoms with E-state index in [1.54, 1.807) is 11.8 Å². The molecule has 1 rings (SSSR count). The Bertz CT molecular complexity index is 184. The van der Waals surface area contributed by atoms with E-state index in [9.17, 15) is 4.79 Å². The minimum absolute atomic E-state index is 0.124. The Morgan fingerprint density at radius 3 is 3.20 bits per heavy atom. The van der Waals surface area contributed by atoms with Crippen molar-refractivity contribution in [1.29, 1.82) is 0 Å². The van der Waals surface area contributed by atoms with Crippen LogP contribution in [0.1, 0.15) is 12.8 Å². The third kappa shape index (κ3) is 6.02. The number of thioether (sulfide) groups is 1. The maximum Gasteiger partial charge on any atom is 0.221 e. The summed E-state index contributed by atoms with van der Waals surface area (Å²) in [5.74, 6) is 1.23. The molecule has 2 N–H and O–H groups in total. The minimum atomic E-state index is 0.124. The predicted molar refractivity (Wildman–Crippen MR) is 63.2 cm³/mol. The molecule has 5 heteroatoms. The minimum Gasteiger partial charge on any atom is -0.378 e. The molecule has 0 aromatic carbocycles. The van der Waals surface area contributed by atoms with Gasteiger partial charge in [0.1, 0.15) is 0 Å². The monoisotopic (exact) mass is 232 g/mol. The zero-order valence-electron chi connectivity index (χ0n) is 9.25. The second-order valence-corrected chi connectivity index (χ2v) is 4.61. The van der Waals surface area contributed by atoms with Gasteiger partial charge in [-0.1, -0.05) is 0 Å². The molecule has 1 unspecified atom stereocenters. The van der Waals surface area contributed by atoms with Crippen LogP contribution in [0.2, 0.25) is 0 Å². The second-order valence-electron chi connectivity index (χ2n) is 3.63. The Morgan fingerprint density at radius 2 is 2.53 bits per heavy atom. The van der Waals surface area contributed by atoms with Crippen molar-refractivity contribution in [3.05, 3.63) is 0 Å². The standard InChI is InChI=1S/C10H20N2O2S/c1-15-6-2-3-12-10(13)7-9-8-14-5-4-11-9/h9,11H,2-8H2,1H3,(H,12,13). The molecule has 15 heavy (non-hydrogen) atoms. The van der Waals surface area contributed by atoms with Crippen molar-refractivity contribution in [2.45, 2.75) is 18.9 Å². The Hall–Kier alpha value is -0.260. The smallest absolute Gasteiger partial charge is 0.221 e. The first kappa shape index (κ1) is 12.8. The number of amides is 1. The molecule has 0 radical (unpaired) electrons. The van der Waals surface area contributed by atoms with E-state index >= 15 is 0 Å². The van der Waals surface area contributed by atoms with E-state index in [4.69, 9.17) is 4.74 Å². The molecule has 1 heterocycles. The predicted octanol–water partition coefficient (Wildman–Crippen LogP) is 0.234. The fourth-order valence-corrected chi connectivity index (χ4v) is 1.92. The van der Waals surface area contributed by atoms with E-state index in [1.807, 2.05) is 0 Å². The number of hydrogen-bond acceptors (Lipinski definition) is 4. The molecule has 1 amide bonds. The van der Waals surface area contributed by atoms with Crippen LogP contribution in [0.15, 0.2) is 0 Å². The van der Waals surface area contributed by atoms with E-state index in [-0.39, 0.29) is 11.9 Å². The summed E-state index contributed by atoms with van der Waals surface area (Å²) in [5.41, 5.74) is 0. The molecule has 0 bridgehead atoms. The van der Waals surface area contributed by atoms with Crippen molar-refractivity contribution < 1.29 is 9.53 Å². The number of morpholine rings is 1. The molecule has 0 aliphatic carbocycles. The molecule has 4 nitrogen and oxygen atoms in total. The SMILES string of the molecule is CSCCCNC(=O)CC1COCCN1. The van der Waals surface area contributed by atoms with Crippen molar-refractivity contribution in [2.24, 2.45) is 0 Å². The highest BCUT2D eigenvalue weighted by Gasteiger charge is 2.16. The molecular formula is C10H20N2O2S. The van der Waals surface area contributed by atoms with Gasteiger partial charge in [0.15, 0.2) is 0 Å². The Morgan fingerprint density at radius 1 is 1.67 bits per heavy atom. The van der Waals surface area contributed by atoms with Crippen molar-refractivity contribution >= 4 is 17.7 Å². The normalized spacial score (nSPS) is 21.3. The maximum atomic E-state index is 11.5. The lowest BCUT2D eigenvalue weighted by Crippen LogP contribution is -2.44. The highest BCUT2D eigenvalue weighted by molar-refractivity contribution is 7.98. The number of ether oxygens (including phenoxy) is 1. The molecule has 1 atom stereocenters. The van der Waals surface area contributed by atoms with Crippen LogP contribution in [-0.4, -0.2) is 50.3 Å². The largest absolute Gasteiger partial charge is 0.378 e. The number of carbonyl (C=O) groups is 1. The number of hydrogen-bond donors (Lipinski definition) is 2. The summed E-state index contributed by atoms with van der Waals surface area (Å²) >= 11 is 1.81. The lowest BCUT2D eigenvalue weighted by atomic mass is 10.2. The highest BCUT2D eigenvalue weighted by atomic mass is 32.2. The number of carbonyl (C=O) groups excluding carboxylic acids is 1. The molecule has 1 aliphatic rings. The molecule has 0 aromatic rings. The second kappa shape index (κ2) is 7.96. The van der Waals surface area contributed by atoms with Crippen LogP contribution in [0.4, 0.5) is 0 Å². The summed E-state index contributed by atoms with van der Waals surface area (Å²) in [4.78, 5) is 11.5. The van der Waals surface area contributed by atoms with Crippen LogP contribution >= 0.6 is 11.8 Å². The maximum absolute atomic E-state index is 11.5. The van der Waals surface area contributed by atoms with Gasteiger partial charge < -0.3 is 15.4 Å². The van der Waals surface area contributed by atoms with Crippen molar-refractivity contribution in [2.75, 3.05) is 38.3 Å². The van der Waals surface area contributed by atoms with E-state index in [1.165, 1.54) is 0 Å². The highest BCUT2D eigenvalue weighted by Crippen LogP contribution is 1.98. The van der Waals surface area contributed by atoms with Gasteiger partial charge in [0.05, 0.1) is 13.2 Å². The number of rotatable bonds is 6. The molecule has 1 saturated heterocycles. The molecule has 0 aromatic heterocycles. The van der Waals surface area contributed by atoms with Gasteiger partial charge in [0.2, 0.25) is 5.91 Å². The zero-order chi connectivity index (χ0) is 10.9. The van der Waals surface area contributed by atoms with Crippen LogP contribution in [0.5, 0.6) is 0 Å². The molecule has 0 saturated carbocycles. The van der Waals surface area contributed by atoms with Crippen LogP contribution in [0.3, 0.4) is 0 Å². The lowest BCUT2D eigenvalue weighted by molar-refractivity contribution is -0.122. The summed E-state index contributed by atoms with van der Waals surface area (Å²) in [6, 6.07) is 0.194. The fourth-order valence-electron chi connectivity index (χ4n) is 1.49. The van der Waals surface area contributed by atoms with Crippen LogP contribution < -0.4 is 10.6 Å². The van der Waals surface area contributed by atoms with Gasteiger partial charge in [0, 0.05) is 25.6 Å². The molecule has 0 spiro atoms. The summed E-state index contributed by atoms with van der Waals surface area (Å²) < 4.78 is 5.28. The lowest BCUT2D eigenvalue weighted by Gasteiger charge is -2.23. The van der Waals surface area contributed by atoms with Gasteiger partial charge in [-0.2, -0.15) is 11.8 Å². The van der Waals surface area contributed by atoms with Gasteiger partial charge in [0.25, 0.3) is 0 Å². The Kier molecular flexibility index (Phi) is 6.80. The fraction of sp³-hybridized carbons (Fsp3) is 0.900. The Balaban J connectivity index is 2.01. The van der Waals surface area contributed by atoms with Crippen molar-refractivity contribution in [3.8, 4) is 0 Å². The van der Waals surface area contributed by atoms with Crippen molar-refractivity contribution in [3.63, 3.8) is 0 Å². The van der Waals surface area contributed by atoms with E-state index in [0.717, 1.165) is 31.9 Å². The van der Waals surface area contributed by atoms with Gasteiger partial charge in [-0.05, 0) is 18.4 Å². The molecule has 1 fully saturated rings. The van der Waals surface area contributed by atoms with Crippen molar-refractivity contribution in [1.82, 2.24) is 10.6 Å². The van der Waals surface area contributed by atoms with Crippen LogP contribution in [0, 0.1) is 0 Å². The third-order valence-electron chi connectivity index (χ3n) is 2.28. The average Bonchev–Trinajstić information content (AvgIpc) is 2.26. The van der Waals surface area contributed by atoms with Gasteiger partial charge in [-0.25, -0.2) is 0 Å². The summed E-state index contributed by atoms with van der Waals surface area (Å²) in [7, 11) is 0. The Labute approximate surface area is 95.5 Å². The van der Waals surface area contributed by atoms with Crippen LogP contribution in [-0.2, 0) is 9.53 Å². The summed E-state index contributed by atoms with van der Waals surface area (Å²) in [6.45, 7) is 3.04. The first-order chi connectivity index (χ1) is 7.33. The van der Waals surface area contributed by atoms with Gasteiger partial charge in [-0.15, -0.1) is 0 Å². The van der Waals surface area contributed by atoms with E-state index in [2.05, 4.69) is 16.9 Å². The van der Waals surface area contributed by atoms with Crippen LogP contribution in [0.25, 0.3) is 0 Å². The summed E-state index contributed by atoms with van der Waals surface area (Å²) in [6.07, 6.45) is 3.64. The third-order valence-corrected chi connectivity index (χ3v) is 2.97. The first-order valence-electron chi connectivity index (χ1n) is 5.39. The number of nitrogens with one attached hydrogen (secondary N) is 2. The first-order valence-corrected chi connectivity index (χ1v) is 6.79. The van der Waals surface area contributed by atoms with E-state index in [0.29, 0.717) is 13.0 Å².